The highest BCUT2D eigenvalue weighted by Crippen LogP contribution is 2.49. The summed E-state index contributed by atoms with van der Waals surface area (Å²) in [4.78, 5) is 68.5. The van der Waals surface area contributed by atoms with Crippen molar-refractivity contribution < 1.29 is 57.5 Å². The molecule has 0 saturated carbocycles. The number of hydrogen-bond acceptors (Lipinski definition) is 12. The Hall–Kier alpha value is -4.18. The van der Waals surface area contributed by atoms with E-state index in [0.29, 0.717) is 11.1 Å². The third-order valence-electron chi connectivity index (χ3n) is 10.4. The summed E-state index contributed by atoms with van der Waals surface area (Å²) in [6.07, 6.45) is -1.43. The van der Waals surface area contributed by atoms with Gasteiger partial charge in [0, 0.05) is 51.9 Å². The van der Waals surface area contributed by atoms with Crippen LogP contribution in [0.25, 0.3) is 0 Å². The number of hydrogen-bond donors (Lipinski definition) is 2. The van der Waals surface area contributed by atoms with Crippen LogP contribution in [-0.4, -0.2) is 110 Å². The van der Waals surface area contributed by atoms with Crippen LogP contribution >= 0.6 is 11.6 Å². The molecular weight excluding hydrogens is 726 g/mol. The zero-order valence-electron chi connectivity index (χ0n) is 32.6. The second kappa shape index (κ2) is 16.7. The summed E-state index contributed by atoms with van der Waals surface area (Å²) in [5.41, 5.74) is -2.01. The molecule has 3 aliphatic rings. The molecule has 1 aromatic carbocycles. The number of likely N-dealkylation sites (N-methyl/N-ethyl adjacent to an activating group) is 1. The fourth-order valence-corrected chi connectivity index (χ4v) is 7.21. The number of anilines is 1. The van der Waals surface area contributed by atoms with Crippen LogP contribution in [-0.2, 0) is 42.9 Å². The molecule has 2 saturated heterocycles. The summed E-state index contributed by atoms with van der Waals surface area (Å²) in [5, 5.41) is 14.4. The molecule has 2 fully saturated rings. The van der Waals surface area contributed by atoms with E-state index in [1.54, 1.807) is 65.0 Å². The first kappa shape index (κ1) is 42.6. The van der Waals surface area contributed by atoms with Crippen LogP contribution in [0.5, 0.6) is 5.75 Å². The molecule has 15 nitrogen and oxygen atoms in total. The standard InChI is InChI=1S/C38H52ClN3O12/c1-19(2)34(45)41(8)22(5)35(46)53-29-17-30(44)42(9)25-15-24(16-26(49-10)31(25)39)32(51-23(6)43)20(3)13-12-14-28(50-11)38(48)18-27(52-36(47)40-38)21(4)33-37(29,7)54-33/h12-16,19,21-22,27-29,32-33,48H,17-18H2,1-11H3,(H,40,47)/b14-12+,20-13+/t21-,22-,27+,28-,29+,32-,33+,37+,38+/m1/s1. The van der Waals surface area contributed by atoms with E-state index in [1.807, 2.05) is 0 Å². The fourth-order valence-electron chi connectivity index (χ4n) is 6.90. The van der Waals surface area contributed by atoms with Crippen molar-refractivity contribution in [2.75, 3.05) is 33.2 Å². The third-order valence-corrected chi connectivity index (χ3v) is 10.8. The molecule has 0 unspecified atom stereocenters. The van der Waals surface area contributed by atoms with Crippen LogP contribution < -0.4 is 15.0 Å². The Labute approximate surface area is 320 Å². The SMILES string of the molecule is COc1cc2cc(c1Cl)N(C)C(=O)C[C@H](OC(=O)[C@@H](C)N(C)C(=O)C(C)C)[C@]1(C)O[C@H]1[C@H](C)[C@@H]1C[C@@](O)(NC(=O)O1)[C@H](OC)/C=C/C=C(\C)[C@H]2OC(C)=O. The lowest BCUT2D eigenvalue weighted by Crippen LogP contribution is -2.63. The Bertz CT molecular complexity index is 1700. The largest absolute Gasteiger partial charge is 0.495 e. The summed E-state index contributed by atoms with van der Waals surface area (Å²) in [7, 11) is 5.78. The van der Waals surface area contributed by atoms with Crippen LogP contribution in [0, 0.1) is 11.8 Å². The number of nitrogens with zero attached hydrogens (tertiary/aromatic N) is 2. The molecular formula is C38H52ClN3O12. The first-order chi connectivity index (χ1) is 25.2. The molecule has 1 aromatic rings. The number of carbonyl (C=O) groups excluding carboxylic acids is 5. The quantitative estimate of drug-likeness (QED) is 0.229. The molecule has 0 spiro atoms. The van der Waals surface area contributed by atoms with E-state index in [-0.39, 0.29) is 34.7 Å². The third kappa shape index (κ3) is 8.85. The van der Waals surface area contributed by atoms with Crippen molar-refractivity contribution in [3.05, 3.63) is 46.5 Å². The maximum Gasteiger partial charge on any atom is 0.409 e. The zero-order chi connectivity index (χ0) is 40.4. The number of esters is 2. The van der Waals surface area contributed by atoms with Gasteiger partial charge in [0.25, 0.3) is 0 Å². The molecule has 16 heteroatoms. The van der Waals surface area contributed by atoms with Crippen LogP contribution in [0.1, 0.15) is 73.0 Å². The number of aliphatic hydroxyl groups is 1. The highest BCUT2D eigenvalue weighted by Gasteiger charge is 2.64. The maximum atomic E-state index is 14.2. The van der Waals surface area contributed by atoms with E-state index in [9.17, 15) is 29.1 Å². The number of methoxy groups -OCH3 is 2. The van der Waals surface area contributed by atoms with Crippen LogP contribution in [0.3, 0.4) is 0 Å². The Balaban J connectivity index is 1.86. The van der Waals surface area contributed by atoms with E-state index >= 15 is 0 Å². The molecule has 4 bridgehead atoms. The minimum atomic E-state index is -1.92. The van der Waals surface area contributed by atoms with Crippen LogP contribution in [0.4, 0.5) is 10.5 Å². The van der Waals surface area contributed by atoms with Crippen molar-refractivity contribution in [3.8, 4) is 5.75 Å². The first-order valence-corrected chi connectivity index (χ1v) is 18.1. The number of rotatable bonds is 7. The van der Waals surface area contributed by atoms with Gasteiger partial charge in [-0.05, 0) is 38.5 Å². The van der Waals surface area contributed by atoms with E-state index < -0.39 is 84.2 Å². The highest BCUT2D eigenvalue weighted by molar-refractivity contribution is 6.35. The minimum Gasteiger partial charge on any atom is -0.495 e. The lowest BCUT2D eigenvalue weighted by Gasteiger charge is -2.42. The van der Waals surface area contributed by atoms with Crippen LogP contribution in [0.2, 0.25) is 5.02 Å². The number of carbonyl (C=O) groups is 5. The maximum absolute atomic E-state index is 14.2. The monoisotopic (exact) mass is 777 g/mol. The number of ether oxygens (including phenoxy) is 6. The van der Waals surface area contributed by atoms with Gasteiger partial charge in [0.05, 0.1) is 25.3 Å². The summed E-state index contributed by atoms with van der Waals surface area (Å²) in [5.74, 6) is -2.92. The number of amides is 3. The number of alkyl carbamates (subject to hydrolysis) is 1. The van der Waals surface area contributed by atoms with Crippen molar-refractivity contribution in [1.82, 2.24) is 10.2 Å². The number of nitrogens with one attached hydrogen (secondary N) is 1. The molecule has 0 aromatic heterocycles. The first-order valence-electron chi connectivity index (χ1n) is 17.7. The molecule has 3 heterocycles. The van der Waals surface area contributed by atoms with Gasteiger partial charge >= 0.3 is 18.0 Å². The van der Waals surface area contributed by atoms with Crippen molar-refractivity contribution in [1.29, 1.82) is 0 Å². The normalized spacial score (nSPS) is 32.2. The average molecular weight is 778 g/mol. The van der Waals surface area contributed by atoms with Gasteiger partial charge < -0.3 is 43.3 Å². The summed E-state index contributed by atoms with van der Waals surface area (Å²) in [6.45, 7) is 11.4. The van der Waals surface area contributed by atoms with Gasteiger partial charge in [0.2, 0.25) is 11.8 Å². The summed E-state index contributed by atoms with van der Waals surface area (Å²) in [6, 6.07) is 2.18. The summed E-state index contributed by atoms with van der Waals surface area (Å²) >= 11 is 6.78. The number of allylic oxidation sites excluding steroid dienone is 2. The predicted molar refractivity (Wildman–Crippen MR) is 197 cm³/mol. The van der Waals surface area contributed by atoms with Gasteiger partial charge in [-0.15, -0.1) is 0 Å². The molecule has 298 valence electrons. The molecule has 0 radical (unpaired) electrons. The number of benzene rings is 1. The van der Waals surface area contributed by atoms with Gasteiger partial charge in [0.1, 0.15) is 46.8 Å². The summed E-state index contributed by atoms with van der Waals surface area (Å²) < 4.78 is 34.9. The Morgan fingerprint density at radius 3 is 2.41 bits per heavy atom. The lowest BCUT2D eigenvalue weighted by atomic mass is 9.83. The second-order valence-electron chi connectivity index (χ2n) is 14.6. The van der Waals surface area contributed by atoms with Gasteiger partial charge in [0.15, 0.2) is 5.72 Å². The smallest absolute Gasteiger partial charge is 0.409 e. The molecule has 3 aliphatic heterocycles. The highest BCUT2D eigenvalue weighted by atomic mass is 35.5. The molecule has 54 heavy (non-hydrogen) atoms. The average Bonchev–Trinajstić information content (AvgIpc) is 3.81. The number of halogens is 1. The predicted octanol–water partition coefficient (Wildman–Crippen LogP) is 4.23. The second-order valence-corrected chi connectivity index (χ2v) is 15.0. The van der Waals surface area contributed by atoms with Crippen molar-refractivity contribution in [2.45, 2.75) is 109 Å². The van der Waals surface area contributed by atoms with E-state index in [2.05, 4.69) is 5.32 Å². The van der Waals surface area contributed by atoms with E-state index in [1.165, 1.54) is 52.0 Å². The van der Waals surface area contributed by atoms with Gasteiger partial charge in [-0.25, -0.2) is 9.59 Å². The van der Waals surface area contributed by atoms with Gasteiger partial charge in [-0.1, -0.05) is 50.6 Å². The Kier molecular flexibility index (Phi) is 13.1. The topological polar surface area (TPSA) is 183 Å². The van der Waals surface area contributed by atoms with Gasteiger partial charge in [-0.2, -0.15) is 0 Å². The Morgan fingerprint density at radius 1 is 1.15 bits per heavy atom. The van der Waals surface area contributed by atoms with E-state index in [4.69, 9.17) is 40.0 Å². The van der Waals surface area contributed by atoms with Crippen LogP contribution in [0.15, 0.2) is 35.9 Å². The molecule has 0 aliphatic carbocycles. The Morgan fingerprint density at radius 2 is 1.81 bits per heavy atom. The van der Waals surface area contributed by atoms with Crippen molar-refractivity contribution in [3.63, 3.8) is 0 Å². The fraction of sp³-hybridized carbons (Fsp3) is 0.605. The zero-order valence-corrected chi connectivity index (χ0v) is 33.4. The molecule has 9 atom stereocenters. The molecule has 3 amide bonds. The molecule has 2 N–H and O–H groups in total. The number of fused-ring (bicyclic) bond motifs is 5. The number of epoxide rings is 1. The van der Waals surface area contributed by atoms with Crippen molar-refractivity contribution in [2.24, 2.45) is 11.8 Å². The minimum absolute atomic E-state index is 0.0974. The lowest BCUT2D eigenvalue weighted by molar-refractivity contribution is -0.162. The van der Waals surface area contributed by atoms with Crippen molar-refractivity contribution >= 4 is 47.1 Å². The van der Waals surface area contributed by atoms with E-state index in [0.717, 1.165) is 0 Å². The van der Waals surface area contributed by atoms with Gasteiger partial charge in [-0.3, -0.25) is 19.7 Å². The molecule has 4 rings (SSSR count).